The van der Waals surface area contributed by atoms with Crippen LogP contribution in [-0.2, 0) is 11.3 Å². The molecule has 0 spiro atoms. The molecule has 0 saturated heterocycles. The van der Waals surface area contributed by atoms with Gasteiger partial charge < -0.3 is 15.5 Å². The molecule has 0 aromatic carbocycles. The Morgan fingerprint density at radius 2 is 2.38 bits per heavy atom. The van der Waals surface area contributed by atoms with E-state index in [-0.39, 0.29) is 5.97 Å². The molecule has 5 heteroatoms. The number of nitrogens with one attached hydrogen (secondary N) is 1. The zero-order valence-electron chi connectivity index (χ0n) is 8.99. The van der Waals surface area contributed by atoms with Crippen LogP contribution < -0.4 is 5.73 Å². The second-order valence-electron chi connectivity index (χ2n) is 3.38. The predicted molar refractivity (Wildman–Crippen MR) is 59.9 cm³/mol. The van der Waals surface area contributed by atoms with Crippen LogP contribution in [-0.4, -0.2) is 22.5 Å². The molecule has 0 aliphatic rings. The van der Waals surface area contributed by atoms with Crippen LogP contribution in [0.3, 0.4) is 0 Å². The van der Waals surface area contributed by atoms with E-state index < -0.39 is 0 Å². The Balaban J connectivity index is 2.39. The number of hydrogen-bond donors (Lipinski definition) is 2. The van der Waals surface area contributed by atoms with E-state index in [1.165, 1.54) is 6.20 Å². The van der Waals surface area contributed by atoms with Crippen LogP contribution in [0.4, 0.5) is 0 Å². The summed E-state index contributed by atoms with van der Waals surface area (Å²) in [6.45, 7) is 2.55. The lowest BCUT2D eigenvalue weighted by Crippen LogP contribution is -2.04. The summed E-state index contributed by atoms with van der Waals surface area (Å²) in [4.78, 5) is 18.7. The number of pyridine rings is 1. The number of aromatic amines is 1. The number of ether oxygens (including phenoxy) is 1. The standard InChI is InChI=1S/C11H13N3O2/c1-2-16-11(15)8-3-7-4-9(5-12)14-10(7)13-6-8/h3-4,6H,2,5,12H2,1H3,(H,13,14). The Morgan fingerprint density at radius 1 is 1.56 bits per heavy atom. The number of fused-ring (bicyclic) bond motifs is 1. The van der Waals surface area contributed by atoms with Gasteiger partial charge in [0, 0.05) is 23.8 Å². The highest BCUT2D eigenvalue weighted by Gasteiger charge is 2.09. The molecular formula is C11H13N3O2. The number of esters is 1. The molecule has 0 bridgehead atoms. The van der Waals surface area contributed by atoms with Gasteiger partial charge in [0.1, 0.15) is 5.65 Å². The first-order valence-corrected chi connectivity index (χ1v) is 5.09. The van der Waals surface area contributed by atoms with Crippen molar-refractivity contribution in [2.24, 2.45) is 5.73 Å². The first-order valence-electron chi connectivity index (χ1n) is 5.09. The van der Waals surface area contributed by atoms with Gasteiger partial charge in [0.25, 0.3) is 0 Å². The summed E-state index contributed by atoms with van der Waals surface area (Å²) in [5.41, 5.74) is 7.59. The third-order valence-electron chi connectivity index (χ3n) is 2.26. The predicted octanol–water partition coefficient (Wildman–Crippen LogP) is 1.20. The van der Waals surface area contributed by atoms with Crippen molar-refractivity contribution < 1.29 is 9.53 Å². The fourth-order valence-electron chi connectivity index (χ4n) is 1.51. The van der Waals surface area contributed by atoms with Gasteiger partial charge in [-0.2, -0.15) is 0 Å². The van der Waals surface area contributed by atoms with Gasteiger partial charge in [0.15, 0.2) is 0 Å². The van der Waals surface area contributed by atoms with Gasteiger partial charge in [0.05, 0.1) is 12.2 Å². The minimum absolute atomic E-state index is 0.354. The molecule has 2 heterocycles. The highest BCUT2D eigenvalue weighted by atomic mass is 16.5. The van der Waals surface area contributed by atoms with Crippen LogP contribution in [0.2, 0.25) is 0 Å². The summed E-state index contributed by atoms with van der Waals surface area (Å²) in [5.74, 6) is -0.354. The number of nitrogens with two attached hydrogens (primary N) is 1. The van der Waals surface area contributed by atoms with Gasteiger partial charge in [-0.15, -0.1) is 0 Å². The molecule has 3 N–H and O–H groups in total. The number of nitrogens with zero attached hydrogens (tertiary/aromatic N) is 1. The molecule has 0 atom stereocenters. The molecule has 5 nitrogen and oxygen atoms in total. The largest absolute Gasteiger partial charge is 0.462 e. The normalized spacial score (nSPS) is 10.6. The van der Waals surface area contributed by atoms with Gasteiger partial charge in [0.2, 0.25) is 0 Å². The van der Waals surface area contributed by atoms with Crippen LogP contribution in [0, 0.1) is 0 Å². The zero-order valence-corrected chi connectivity index (χ0v) is 8.99. The number of rotatable bonds is 3. The SMILES string of the molecule is CCOC(=O)c1cnc2[nH]c(CN)cc2c1. The minimum Gasteiger partial charge on any atom is -0.462 e. The van der Waals surface area contributed by atoms with Gasteiger partial charge in [-0.25, -0.2) is 9.78 Å². The van der Waals surface area contributed by atoms with Crippen molar-refractivity contribution in [3.63, 3.8) is 0 Å². The van der Waals surface area contributed by atoms with E-state index in [4.69, 9.17) is 10.5 Å². The van der Waals surface area contributed by atoms with Crippen LogP contribution >= 0.6 is 0 Å². The number of carbonyl (C=O) groups excluding carboxylic acids is 1. The lowest BCUT2D eigenvalue weighted by Gasteiger charge is -2.00. The fourth-order valence-corrected chi connectivity index (χ4v) is 1.51. The molecule has 0 saturated carbocycles. The third kappa shape index (κ3) is 1.90. The van der Waals surface area contributed by atoms with Crippen LogP contribution in [0.5, 0.6) is 0 Å². The molecule has 2 rings (SSSR count). The van der Waals surface area contributed by atoms with Crippen molar-refractivity contribution in [2.75, 3.05) is 6.61 Å². The van der Waals surface area contributed by atoms with Crippen molar-refractivity contribution in [1.82, 2.24) is 9.97 Å². The maximum atomic E-state index is 11.5. The van der Waals surface area contributed by atoms with Crippen LogP contribution in [0.25, 0.3) is 11.0 Å². The number of aromatic nitrogens is 2. The molecule has 0 fully saturated rings. The monoisotopic (exact) mass is 219 g/mol. The maximum Gasteiger partial charge on any atom is 0.339 e. The molecule has 2 aromatic heterocycles. The molecule has 84 valence electrons. The van der Waals surface area contributed by atoms with E-state index in [2.05, 4.69) is 9.97 Å². The van der Waals surface area contributed by atoms with Gasteiger partial charge >= 0.3 is 5.97 Å². The highest BCUT2D eigenvalue weighted by molar-refractivity contribution is 5.93. The Bertz CT molecular complexity index is 519. The fraction of sp³-hybridized carbons (Fsp3) is 0.273. The smallest absolute Gasteiger partial charge is 0.339 e. The van der Waals surface area contributed by atoms with Crippen molar-refractivity contribution in [3.05, 3.63) is 29.6 Å². The van der Waals surface area contributed by atoms with E-state index in [0.29, 0.717) is 18.7 Å². The Kier molecular flexibility index (Phi) is 2.87. The van der Waals surface area contributed by atoms with Gasteiger partial charge in [-0.1, -0.05) is 0 Å². The lowest BCUT2D eigenvalue weighted by molar-refractivity contribution is 0.0526. The second kappa shape index (κ2) is 4.32. The van der Waals surface area contributed by atoms with E-state index in [1.807, 2.05) is 6.07 Å². The topological polar surface area (TPSA) is 81.0 Å². The van der Waals surface area contributed by atoms with E-state index >= 15 is 0 Å². The highest BCUT2D eigenvalue weighted by Crippen LogP contribution is 2.15. The second-order valence-corrected chi connectivity index (χ2v) is 3.38. The van der Waals surface area contributed by atoms with Crippen molar-refractivity contribution in [3.8, 4) is 0 Å². The molecule has 2 aromatic rings. The van der Waals surface area contributed by atoms with E-state index in [0.717, 1.165) is 16.7 Å². The number of carbonyl (C=O) groups is 1. The quantitative estimate of drug-likeness (QED) is 0.760. The first-order chi connectivity index (χ1) is 7.74. The zero-order chi connectivity index (χ0) is 11.5. The summed E-state index contributed by atoms with van der Waals surface area (Å²) >= 11 is 0. The molecular weight excluding hydrogens is 206 g/mol. The van der Waals surface area contributed by atoms with Gasteiger partial charge in [-0.05, 0) is 19.1 Å². The summed E-state index contributed by atoms with van der Waals surface area (Å²) in [7, 11) is 0. The first kappa shape index (κ1) is 10.6. The van der Waals surface area contributed by atoms with E-state index in [1.54, 1.807) is 13.0 Å². The summed E-state index contributed by atoms with van der Waals surface area (Å²) in [6.07, 6.45) is 1.50. The Hall–Kier alpha value is -1.88. The average molecular weight is 219 g/mol. The van der Waals surface area contributed by atoms with Crippen molar-refractivity contribution >= 4 is 17.0 Å². The lowest BCUT2D eigenvalue weighted by atomic mass is 10.2. The summed E-state index contributed by atoms with van der Waals surface area (Å²) < 4.78 is 4.90. The van der Waals surface area contributed by atoms with E-state index in [9.17, 15) is 4.79 Å². The molecule has 0 radical (unpaired) electrons. The third-order valence-corrected chi connectivity index (χ3v) is 2.26. The summed E-state index contributed by atoms with van der Waals surface area (Å²) in [6, 6.07) is 3.63. The minimum atomic E-state index is -0.354. The average Bonchev–Trinajstić information content (AvgIpc) is 2.70. The maximum absolute atomic E-state index is 11.5. The molecule has 0 aliphatic carbocycles. The number of hydrogen-bond acceptors (Lipinski definition) is 4. The molecule has 0 unspecified atom stereocenters. The van der Waals surface area contributed by atoms with Crippen LogP contribution in [0.1, 0.15) is 23.0 Å². The molecule has 16 heavy (non-hydrogen) atoms. The Labute approximate surface area is 92.6 Å². The number of H-pyrrole nitrogens is 1. The molecule has 0 amide bonds. The molecule has 0 aliphatic heterocycles. The Morgan fingerprint density at radius 3 is 3.06 bits per heavy atom. The van der Waals surface area contributed by atoms with Crippen LogP contribution in [0.15, 0.2) is 18.3 Å². The van der Waals surface area contributed by atoms with Crippen molar-refractivity contribution in [1.29, 1.82) is 0 Å². The summed E-state index contributed by atoms with van der Waals surface area (Å²) in [5, 5.41) is 0.867. The van der Waals surface area contributed by atoms with Gasteiger partial charge in [-0.3, -0.25) is 0 Å². The van der Waals surface area contributed by atoms with Crippen molar-refractivity contribution in [2.45, 2.75) is 13.5 Å².